The Morgan fingerprint density at radius 2 is 1.85 bits per heavy atom. The molecule has 0 spiro atoms. The van der Waals surface area contributed by atoms with Crippen LogP contribution in [0.3, 0.4) is 0 Å². The van der Waals surface area contributed by atoms with Crippen molar-refractivity contribution in [2.45, 2.75) is 26.3 Å². The maximum atomic E-state index is 10.8. The van der Waals surface area contributed by atoms with Crippen LogP contribution >= 0.6 is 0 Å². The SMILES string of the molecule is CCC(C)Nc1ccc(-c2ccc(C(=O)O)cc2)cn1. The average Bonchev–Trinajstić information content (AvgIpc) is 2.48. The van der Waals surface area contributed by atoms with Gasteiger partial charge in [-0.2, -0.15) is 0 Å². The number of aromatic nitrogens is 1. The number of anilines is 1. The summed E-state index contributed by atoms with van der Waals surface area (Å²) in [5.74, 6) is -0.0620. The molecule has 104 valence electrons. The monoisotopic (exact) mass is 270 g/mol. The second kappa shape index (κ2) is 6.19. The molecule has 1 atom stereocenters. The van der Waals surface area contributed by atoms with Crippen LogP contribution in [0, 0.1) is 0 Å². The molecule has 0 aliphatic heterocycles. The number of aromatic carboxylic acids is 1. The molecule has 0 radical (unpaired) electrons. The molecule has 1 heterocycles. The van der Waals surface area contributed by atoms with Gasteiger partial charge in [-0.05, 0) is 43.2 Å². The molecule has 2 rings (SSSR count). The molecule has 2 aromatic rings. The molecular weight excluding hydrogens is 252 g/mol. The second-order valence-corrected chi connectivity index (χ2v) is 4.77. The van der Waals surface area contributed by atoms with E-state index in [-0.39, 0.29) is 5.56 Å². The molecule has 0 bridgehead atoms. The van der Waals surface area contributed by atoms with Crippen molar-refractivity contribution in [3.8, 4) is 11.1 Å². The highest BCUT2D eigenvalue weighted by molar-refractivity contribution is 5.88. The smallest absolute Gasteiger partial charge is 0.335 e. The van der Waals surface area contributed by atoms with E-state index in [0.29, 0.717) is 6.04 Å². The van der Waals surface area contributed by atoms with E-state index in [1.165, 1.54) is 0 Å². The van der Waals surface area contributed by atoms with E-state index < -0.39 is 5.97 Å². The van der Waals surface area contributed by atoms with Crippen molar-refractivity contribution in [3.63, 3.8) is 0 Å². The largest absolute Gasteiger partial charge is 0.478 e. The number of pyridine rings is 1. The number of rotatable bonds is 5. The summed E-state index contributed by atoms with van der Waals surface area (Å²) in [4.78, 5) is 15.2. The van der Waals surface area contributed by atoms with Gasteiger partial charge in [0.1, 0.15) is 5.82 Å². The van der Waals surface area contributed by atoms with Crippen molar-refractivity contribution >= 4 is 11.8 Å². The summed E-state index contributed by atoms with van der Waals surface area (Å²) in [6.45, 7) is 4.23. The van der Waals surface area contributed by atoms with Crippen LogP contribution in [-0.4, -0.2) is 22.1 Å². The lowest BCUT2D eigenvalue weighted by Gasteiger charge is -2.12. The summed E-state index contributed by atoms with van der Waals surface area (Å²) < 4.78 is 0. The van der Waals surface area contributed by atoms with Crippen molar-refractivity contribution in [2.24, 2.45) is 0 Å². The fourth-order valence-corrected chi connectivity index (χ4v) is 1.81. The van der Waals surface area contributed by atoms with Gasteiger partial charge in [0.2, 0.25) is 0 Å². The first-order valence-electron chi connectivity index (χ1n) is 6.66. The number of benzene rings is 1. The van der Waals surface area contributed by atoms with Crippen LogP contribution in [0.5, 0.6) is 0 Å². The zero-order valence-electron chi connectivity index (χ0n) is 11.6. The van der Waals surface area contributed by atoms with Crippen LogP contribution in [0.1, 0.15) is 30.6 Å². The molecular formula is C16H18N2O2. The van der Waals surface area contributed by atoms with Crippen molar-refractivity contribution in [2.75, 3.05) is 5.32 Å². The van der Waals surface area contributed by atoms with E-state index in [1.807, 2.05) is 12.1 Å². The van der Waals surface area contributed by atoms with Crippen LogP contribution in [0.25, 0.3) is 11.1 Å². The van der Waals surface area contributed by atoms with Crippen molar-refractivity contribution in [1.29, 1.82) is 0 Å². The zero-order chi connectivity index (χ0) is 14.5. The molecule has 4 heteroatoms. The van der Waals surface area contributed by atoms with Gasteiger partial charge in [-0.25, -0.2) is 9.78 Å². The molecule has 0 aliphatic rings. The van der Waals surface area contributed by atoms with Gasteiger partial charge >= 0.3 is 5.97 Å². The van der Waals surface area contributed by atoms with E-state index in [1.54, 1.807) is 30.5 Å². The first-order chi connectivity index (χ1) is 9.60. The number of carbonyl (C=O) groups is 1. The summed E-state index contributed by atoms with van der Waals surface area (Å²) in [5, 5.41) is 12.2. The third-order valence-corrected chi connectivity index (χ3v) is 3.24. The van der Waals surface area contributed by atoms with Crippen LogP contribution in [0.15, 0.2) is 42.6 Å². The predicted molar refractivity (Wildman–Crippen MR) is 80.0 cm³/mol. The lowest BCUT2D eigenvalue weighted by Crippen LogP contribution is -2.14. The summed E-state index contributed by atoms with van der Waals surface area (Å²) in [5.41, 5.74) is 2.21. The molecule has 0 fully saturated rings. The van der Waals surface area contributed by atoms with Gasteiger partial charge in [0.15, 0.2) is 0 Å². The highest BCUT2D eigenvalue weighted by Crippen LogP contribution is 2.20. The molecule has 0 saturated heterocycles. The van der Waals surface area contributed by atoms with Gasteiger partial charge in [-0.3, -0.25) is 0 Å². The number of carboxylic acids is 1. The maximum absolute atomic E-state index is 10.8. The van der Waals surface area contributed by atoms with Gasteiger partial charge in [-0.1, -0.05) is 19.1 Å². The van der Waals surface area contributed by atoms with Crippen LogP contribution in [0.2, 0.25) is 0 Å². The molecule has 0 saturated carbocycles. The Hall–Kier alpha value is -2.36. The standard InChI is InChI=1S/C16H18N2O2/c1-3-11(2)18-15-9-8-14(10-17-15)12-4-6-13(7-5-12)16(19)20/h4-11H,3H2,1-2H3,(H,17,18)(H,19,20). The Morgan fingerprint density at radius 3 is 2.35 bits per heavy atom. The Morgan fingerprint density at radius 1 is 1.20 bits per heavy atom. The minimum absolute atomic E-state index is 0.289. The highest BCUT2D eigenvalue weighted by atomic mass is 16.4. The summed E-state index contributed by atoms with van der Waals surface area (Å²) in [6, 6.07) is 11.1. The van der Waals surface area contributed by atoms with Gasteiger partial charge in [0, 0.05) is 17.8 Å². The Balaban J connectivity index is 2.15. The van der Waals surface area contributed by atoms with Crippen molar-refractivity contribution in [1.82, 2.24) is 4.98 Å². The first kappa shape index (κ1) is 14.1. The van der Waals surface area contributed by atoms with E-state index >= 15 is 0 Å². The fourth-order valence-electron chi connectivity index (χ4n) is 1.81. The predicted octanol–water partition coefficient (Wildman–Crippen LogP) is 3.66. The fraction of sp³-hybridized carbons (Fsp3) is 0.250. The Kier molecular flexibility index (Phi) is 4.35. The topological polar surface area (TPSA) is 62.2 Å². The molecule has 2 N–H and O–H groups in total. The number of nitrogens with zero attached hydrogens (tertiary/aromatic N) is 1. The first-order valence-corrected chi connectivity index (χ1v) is 6.66. The van der Waals surface area contributed by atoms with E-state index in [9.17, 15) is 4.79 Å². The molecule has 20 heavy (non-hydrogen) atoms. The molecule has 1 unspecified atom stereocenters. The molecule has 0 aliphatic carbocycles. The zero-order valence-corrected chi connectivity index (χ0v) is 11.6. The third kappa shape index (κ3) is 3.35. The summed E-state index contributed by atoms with van der Waals surface area (Å²) in [7, 11) is 0. The molecule has 1 aromatic carbocycles. The van der Waals surface area contributed by atoms with Crippen LogP contribution in [-0.2, 0) is 0 Å². The number of carboxylic acid groups (broad SMARTS) is 1. The van der Waals surface area contributed by atoms with E-state index in [2.05, 4.69) is 24.1 Å². The van der Waals surface area contributed by atoms with Crippen molar-refractivity contribution in [3.05, 3.63) is 48.2 Å². The lowest BCUT2D eigenvalue weighted by molar-refractivity contribution is 0.0697. The number of hydrogen-bond acceptors (Lipinski definition) is 3. The number of nitrogens with one attached hydrogen (secondary N) is 1. The van der Waals surface area contributed by atoms with E-state index in [4.69, 9.17) is 5.11 Å². The quantitative estimate of drug-likeness (QED) is 0.870. The van der Waals surface area contributed by atoms with E-state index in [0.717, 1.165) is 23.4 Å². The van der Waals surface area contributed by atoms with Crippen LogP contribution in [0.4, 0.5) is 5.82 Å². The van der Waals surface area contributed by atoms with Gasteiger partial charge in [-0.15, -0.1) is 0 Å². The average molecular weight is 270 g/mol. The summed E-state index contributed by atoms with van der Waals surface area (Å²) >= 11 is 0. The normalized spacial score (nSPS) is 11.9. The molecule has 1 aromatic heterocycles. The highest BCUT2D eigenvalue weighted by Gasteiger charge is 2.04. The second-order valence-electron chi connectivity index (χ2n) is 4.77. The molecule has 4 nitrogen and oxygen atoms in total. The minimum Gasteiger partial charge on any atom is -0.478 e. The van der Waals surface area contributed by atoms with Gasteiger partial charge < -0.3 is 10.4 Å². The third-order valence-electron chi connectivity index (χ3n) is 3.24. The number of hydrogen-bond donors (Lipinski definition) is 2. The Bertz CT molecular complexity index is 576. The molecule has 0 amide bonds. The lowest BCUT2D eigenvalue weighted by atomic mass is 10.1. The Labute approximate surface area is 118 Å². The van der Waals surface area contributed by atoms with Gasteiger partial charge in [0.05, 0.1) is 5.56 Å². The summed E-state index contributed by atoms with van der Waals surface area (Å²) in [6.07, 6.45) is 2.83. The van der Waals surface area contributed by atoms with Gasteiger partial charge in [0.25, 0.3) is 0 Å². The minimum atomic E-state index is -0.914. The van der Waals surface area contributed by atoms with Crippen LogP contribution < -0.4 is 5.32 Å². The van der Waals surface area contributed by atoms with Crippen molar-refractivity contribution < 1.29 is 9.90 Å². The maximum Gasteiger partial charge on any atom is 0.335 e.